The maximum absolute atomic E-state index is 12.2. The summed E-state index contributed by atoms with van der Waals surface area (Å²) in [5.41, 5.74) is 1.21. The molecule has 0 fully saturated rings. The van der Waals surface area contributed by atoms with E-state index in [0.717, 1.165) is 10.9 Å². The number of ether oxygens (including phenoxy) is 1. The number of amides is 1. The van der Waals surface area contributed by atoms with Gasteiger partial charge in [0.25, 0.3) is 0 Å². The van der Waals surface area contributed by atoms with Gasteiger partial charge in [-0.05, 0) is 49.0 Å². The number of rotatable bonds is 6. The van der Waals surface area contributed by atoms with Gasteiger partial charge in [-0.2, -0.15) is 0 Å². The summed E-state index contributed by atoms with van der Waals surface area (Å²) in [5.74, 6) is 0.563. The Kier molecular flexibility index (Phi) is 5.42. The maximum Gasteiger partial charge on any atom is 0.336 e. The molecule has 3 aromatic rings. The Morgan fingerprint density at radius 3 is 2.63 bits per heavy atom. The SMILES string of the molecule is COc1ccc(NC(=O)CN(C)Cc2cc(=O)oc3cc(O)ccc23)cc1. The van der Waals surface area contributed by atoms with Gasteiger partial charge in [-0.25, -0.2) is 4.79 Å². The Hall–Kier alpha value is -3.32. The lowest BCUT2D eigenvalue weighted by Crippen LogP contribution is -2.30. The fourth-order valence-corrected chi connectivity index (χ4v) is 2.82. The van der Waals surface area contributed by atoms with Gasteiger partial charge in [-0.1, -0.05) is 0 Å². The number of phenols is 1. The molecule has 0 atom stereocenters. The number of nitrogens with zero attached hydrogens (tertiary/aromatic N) is 1. The highest BCUT2D eigenvalue weighted by Gasteiger charge is 2.12. The van der Waals surface area contributed by atoms with E-state index in [1.807, 2.05) is 0 Å². The monoisotopic (exact) mass is 368 g/mol. The van der Waals surface area contributed by atoms with Crippen LogP contribution in [0, 0.1) is 0 Å². The van der Waals surface area contributed by atoms with Gasteiger partial charge in [0.1, 0.15) is 17.1 Å². The fourth-order valence-electron chi connectivity index (χ4n) is 2.82. The first kappa shape index (κ1) is 18.5. The second-order valence-corrected chi connectivity index (χ2v) is 6.22. The zero-order valence-electron chi connectivity index (χ0n) is 15.1. The van der Waals surface area contributed by atoms with Crippen LogP contribution in [0.5, 0.6) is 11.5 Å². The zero-order valence-corrected chi connectivity index (χ0v) is 15.1. The molecule has 3 rings (SSSR count). The van der Waals surface area contributed by atoms with Crippen LogP contribution < -0.4 is 15.7 Å². The topological polar surface area (TPSA) is 92.0 Å². The van der Waals surface area contributed by atoms with Crippen LogP contribution in [-0.4, -0.2) is 36.6 Å². The van der Waals surface area contributed by atoms with Crippen LogP contribution >= 0.6 is 0 Å². The second kappa shape index (κ2) is 7.92. The van der Waals surface area contributed by atoms with E-state index in [9.17, 15) is 14.7 Å². The van der Waals surface area contributed by atoms with Crippen LogP contribution in [-0.2, 0) is 11.3 Å². The van der Waals surface area contributed by atoms with E-state index >= 15 is 0 Å². The number of benzene rings is 2. The highest BCUT2D eigenvalue weighted by atomic mass is 16.5. The first-order valence-electron chi connectivity index (χ1n) is 8.33. The molecule has 0 aliphatic heterocycles. The molecule has 0 saturated heterocycles. The first-order chi connectivity index (χ1) is 12.9. The van der Waals surface area contributed by atoms with Crippen LogP contribution in [0.3, 0.4) is 0 Å². The minimum absolute atomic E-state index is 0.0232. The molecule has 0 saturated carbocycles. The van der Waals surface area contributed by atoms with Crippen molar-refractivity contribution in [2.75, 3.05) is 26.0 Å². The van der Waals surface area contributed by atoms with E-state index in [2.05, 4.69) is 5.32 Å². The molecule has 2 aromatic carbocycles. The number of likely N-dealkylation sites (N-methyl/N-ethyl adjacent to an activating group) is 1. The summed E-state index contributed by atoms with van der Waals surface area (Å²) in [6.07, 6.45) is 0. The van der Waals surface area contributed by atoms with Gasteiger partial charge in [0.15, 0.2) is 0 Å². The number of nitrogens with one attached hydrogen (secondary N) is 1. The molecular formula is C20H20N2O5. The molecule has 0 radical (unpaired) electrons. The summed E-state index contributed by atoms with van der Waals surface area (Å²) in [6, 6.07) is 13.1. The van der Waals surface area contributed by atoms with Crippen molar-refractivity contribution in [1.82, 2.24) is 4.90 Å². The normalized spacial score (nSPS) is 10.9. The van der Waals surface area contributed by atoms with Crippen LogP contribution in [0.2, 0.25) is 0 Å². The molecule has 140 valence electrons. The van der Waals surface area contributed by atoms with Gasteiger partial charge < -0.3 is 19.6 Å². The van der Waals surface area contributed by atoms with Gasteiger partial charge in [0.05, 0.1) is 13.7 Å². The molecule has 1 aromatic heterocycles. The number of carbonyl (C=O) groups excluding carboxylic acids is 1. The maximum atomic E-state index is 12.2. The van der Waals surface area contributed by atoms with Crippen LogP contribution in [0.4, 0.5) is 5.69 Å². The van der Waals surface area contributed by atoms with Crippen molar-refractivity contribution in [3.8, 4) is 11.5 Å². The predicted octanol–water partition coefficient (Wildman–Crippen LogP) is 2.58. The van der Waals surface area contributed by atoms with Gasteiger partial charge in [-0.15, -0.1) is 0 Å². The minimum Gasteiger partial charge on any atom is -0.508 e. The third-order valence-corrected chi connectivity index (χ3v) is 4.04. The zero-order chi connectivity index (χ0) is 19.4. The lowest BCUT2D eigenvalue weighted by atomic mass is 10.1. The molecule has 7 nitrogen and oxygen atoms in total. The molecule has 7 heteroatoms. The third-order valence-electron chi connectivity index (χ3n) is 4.04. The number of fused-ring (bicyclic) bond motifs is 1. The number of hydrogen-bond donors (Lipinski definition) is 2. The number of carbonyl (C=O) groups is 1. The van der Waals surface area contributed by atoms with Crippen molar-refractivity contribution in [3.63, 3.8) is 0 Å². The molecule has 2 N–H and O–H groups in total. The molecule has 1 heterocycles. The molecule has 0 spiro atoms. The van der Waals surface area contributed by atoms with Crippen molar-refractivity contribution in [1.29, 1.82) is 0 Å². The van der Waals surface area contributed by atoms with Crippen LogP contribution in [0.1, 0.15) is 5.56 Å². The third kappa shape index (κ3) is 4.65. The first-order valence-corrected chi connectivity index (χ1v) is 8.33. The number of anilines is 1. The van der Waals surface area contributed by atoms with Gasteiger partial charge in [0, 0.05) is 29.8 Å². The lowest BCUT2D eigenvalue weighted by molar-refractivity contribution is -0.117. The van der Waals surface area contributed by atoms with Crippen LogP contribution in [0.15, 0.2) is 57.7 Å². The highest BCUT2D eigenvalue weighted by molar-refractivity contribution is 5.92. The van der Waals surface area contributed by atoms with Crippen molar-refractivity contribution >= 4 is 22.6 Å². The minimum atomic E-state index is -0.501. The van der Waals surface area contributed by atoms with Crippen molar-refractivity contribution in [3.05, 3.63) is 64.5 Å². The Morgan fingerprint density at radius 2 is 1.93 bits per heavy atom. The molecule has 0 bridgehead atoms. The smallest absolute Gasteiger partial charge is 0.336 e. The van der Waals surface area contributed by atoms with E-state index in [1.165, 1.54) is 18.2 Å². The summed E-state index contributed by atoms with van der Waals surface area (Å²) in [4.78, 5) is 25.8. The van der Waals surface area contributed by atoms with Gasteiger partial charge in [0.2, 0.25) is 5.91 Å². The summed E-state index contributed by atoms with van der Waals surface area (Å²) in [7, 11) is 3.37. The standard InChI is InChI=1S/C20H20N2O5/c1-22(12-19(24)21-14-3-6-16(26-2)7-4-14)11-13-9-20(25)27-18-10-15(23)5-8-17(13)18/h3-10,23H,11-12H2,1-2H3,(H,21,24). The van der Waals surface area contributed by atoms with E-state index in [4.69, 9.17) is 9.15 Å². The Balaban J connectivity index is 1.68. The van der Waals surface area contributed by atoms with E-state index < -0.39 is 5.63 Å². The Morgan fingerprint density at radius 1 is 1.19 bits per heavy atom. The number of hydrogen-bond acceptors (Lipinski definition) is 6. The van der Waals surface area contributed by atoms with E-state index in [0.29, 0.717) is 23.6 Å². The molecular weight excluding hydrogens is 348 g/mol. The summed E-state index contributed by atoms with van der Waals surface area (Å²) < 4.78 is 10.2. The number of phenolic OH excluding ortho intramolecular Hbond substituents is 1. The largest absolute Gasteiger partial charge is 0.508 e. The van der Waals surface area contributed by atoms with Gasteiger partial charge >= 0.3 is 5.63 Å². The highest BCUT2D eigenvalue weighted by Crippen LogP contribution is 2.22. The molecule has 0 unspecified atom stereocenters. The summed E-state index contributed by atoms with van der Waals surface area (Å²) in [5, 5.41) is 13.1. The van der Waals surface area contributed by atoms with Crippen molar-refractivity contribution in [2.24, 2.45) is 0 Å². The van der Waals surface area contributed by atoms with Crippen molar-refractivity contribution < 1.29 is 19.1 Å². The molecule has 27 heavy (non-hydrogen) atoms. The van der Waals surface area contributed by atoms with Crippen LogP contribution in [0.25, 0.3) is 11.0 Å². The molecule has 0 aliphatic carbocycles. The van der Waals surface area contributed by atoms with Crippen molar-refractivity contribution in [2.45, 2.75) is 6.54 Å². The van der Waals surface area contributed by atoms with Gasteiger partial charge in [-0.3, -0.25) is 9.69 Å². The average molecular weight is 368 g/mol. The number of methoxy groups -OCH3 is 1. The summed E-state index contributed by atoms with van der Waals surface area (Å²) >= 11 is 0. The predicted molar refractivity (Wildman–Crippen MR) is 102 cm³/mol. The Bertz CT molecular complexity index is 1010. The average Bonchev–Trinajstić information content (AvgIpc) is 2.61. The number of aromatic hydroxyl groups is 1. The molecule has 0 aliphatic rings. The Labute approximate surface area is 155 Å². The lowest BCUT2D eigenvalue weighted by Gasteiger charge is -2.17. The fraction of sp³-hybridized carbons (Fsp3) is 0.200. The quantitative estimate of drug-likeness (QED) is 0.650. The second-order valence-electron chi connectivity index (χ2n) is 6.22. The van der Waals surface area contributed by atoms with E-state index in [-0.39, 0.29) is 18.2 Å². The summed E-state index contributed by atoms with van der Waals surface area (Å²) in [6.45, 7) is 0.523. The molecule has 1 amide bonds. The van der Waals surface area contributed by atoms with E-state index in [1.54, 1.807) is 49.4 Å².